The Kier molecular flexibility index (Phi) is 4.00. The number of carbonyl (C=O) groups is 3. The number of hydrogen-bond donors (Lipinski definition) is 3. The first-order chi connectivity index (χ1) is 11.5. The number of para-hydroxylation sites is 1. The van der Waals surface area contributed by atoms with Gasteiger partial charge in [-0.15, -0.1) is 11.3 Å². The van der Waals surface area contributed by atoms with E-state index in [0.717, 1.165) is 10.2 Å². The van der Waals surface area contributed by atoms with Gasteiger partial charge in [0.15, 0.2) is 22.6 Å². The number of hydrogen-bond acceptors (Lipinski definition) is 6. The van der Waals surface area contributed by atoms with E-state index >= 15 is 0 Å². The van der Waals surface area contributed by atoms with Crippen molar-refractivity contribution < 1.29 is 18.8 Å². The number of amides is 3. The first-order valence-corrected chi connectivity index (χ1v) is 7.62. The Morgan fingerprint density at radius 3 is 2.46 bits per heavy atom. The van der Waals surface area contributed by atoms with Gasteiger partial charge in [-0.05, 0) is 24.3 Å². The maximum Gasteiger partial charge on any atom is 0.288 e. The number of nitrogens with two attached hydrogens (primary N) is 2. The fourth-order valence-corrected chi connectivity index (χ4v) is 2.96. The number of carbonyl (C=O) groups excluding carboxylic acids is 3. The van der Waals surface area contributed by atoms with Crippen molar-refractivity contribution in [2.24, 2.45) is 11.5 Å². The molecule has 3 amide bonds. The summed E-state index contributed by atoms with van der Waals surface area (Å²) >= 11 is 1.41. The van der Waals surface area contributed by atoms with Gasteiger partial charge in [0.2, 0.25) is 11.8 Å². The predicted octanol–water partition coefficient (Wildman–Crippen LogP) is 0.625. The van der Waals surface area contributed by atoms with Crippen molar-refractivity contribution >= 4 is 39.3 Å². The number of primary amides is 2. The molecule has 8 nitrogen and oxygen atoms in total. The molecule has 0 spiro atoms. The Bertz CT molecular complexity index is 899. The Balaban J connectivity index is 1.83. The zero-order valence-corrected chi connectivity index (χ0v) is 13.0. The smallest absolute Gasteiger partial charge is 0.288 e. The molecule has 3 aromatic rings. The molecule has 0 aliphatic carbocycles. The second-order valence-corrected chi connectivity index (χ2v) is 5.89. The monoisotopic (exact) mass is 344 g/mol. The molecule has 24 heavy (non-hydrogen) atoms. The fourth-order valence-electron chi connectivity index (χ4n) is 2.04. The van der Waals surface area contributed by atoms with Crippen LogP contribution in [0.4, 0.5) is 0 Å². The second-order valence-electron chi connectivity index (χ2n) is 4.86. The minimum absolute atomic E-state index is 0.0863. The molecule has 0 unspecified atom stereocenters. The number of rotatable bonds is 5. The third kappa shape index (κ3) is 2.97. The van der Waals surface area contributed by atoms with Crippen LogP contribution in [0.3, 0.4) is 0 Å². The van der Waals surface area contributed by atoms with Crippen LogP contribution >= 0.6 is 11.3 Å². The van der Waals surface area contributed by atoms with Crippen molar-refractivity contribution in [2.45, 2.75) is 6.04 Å². The maximum absolute atomic E-state index is 12.0. The zero-order chi connectivity index (χ0) is 17.3. The Morgan fingerprint density at radius 2 is 1.79 bits per heavy atom. The minimum atomic E-state index is -1.60. The Labute approximate surface area is 139 Å². The molecule has 0 aliphatic heterocycles. The van der Waals surface area contributed by atoms with Gasteiger partial charge in [0.05, 0.1) is 10.2 Å². The van der Waals surface area contributed by atoms with Crippen LogP contribution < -0.4 is 16.8 Å². The molecule has 3 rings (SSSR count). The molecule has 9 heteroatoms. The summed E-state index contributed by atoms with van der Waals surface area (Å²) in [6.07, 6.45) is 0. The SMILES string of the molecule is NC(=O)C(NC(=O)c1ccc(-c2nc3ccccc3s2)o1)C(N)=O. The van der Waals surface area contributed by atoms with E-state index in [4.69, 9.17) is 15.9 Å². The van der Waals surface area contributed by atoms with Crippen molar-refractivity contribution in [3.8, 4) is 10.8 Å². The summed E-state index contributed by atoms with van der Waals surface area (Å²) < 4.78 is 6.44. The molecule has 1 aromatic carbocycles. The van der Waals surface area contributed by atoms with E-state index in [1.165, 1.54) is 17.4 Å². The summed E-state index contributed by atoms with van der Waals surface area (Å²) in [5, 5.41) is 2.73. The highest BCUT2D eigenvalue weighted by molar-refractivity contribution is 7.21. The van der Waals surface area contributed by atoms with Crippen LogP contribution in [0.5, 0.6) is 0 Å². The highest BCUT2D eigenvalue weighted by Crippen LogP contribution is 2.31. The molecule has 0 aliphatic rings. The number of nitrogens with zero attached hydrogens (tertiary/aromatic N) is 1. The van der Waals surface area contributed by atoms with E-state index in [2.05, 4.69) is 10.3 Å². The maximum atomic E-state index is 12.0. The predicted molar refractivity (Wildman–Crippen MR) is 87.0 cm³/mol. The van der Waals surface area contributed by atoms with E-state index in [1.807, 2.05) is 24.3 Å². The standard InChI is InChI=1S/C15H12N4O4S/c16-12(20)11(13(17)21)19-14(22)8-5-6-9(23-8)15-18-7-3-1-2-4-10(7)24-15/h1-6,11H,(H2,16,20)(H2,17,21)(H,19,22). The largest absolute Gasteiger partial charge is 0.448 e. The quantitative estimate of drug-likeness (QED) is 0.582. The van der Waals surface area contributed by atoms with Gasteiger partial charge in [0, 0.05) is 0 Å². The Hall–Kier alpha value is -3.20. The highest BCUT2D eigenvalue weighted by Gasteiger charge is 2.26. The van der Waals surface area contributed by atoms with E-state index in [9.17, 15) is 14.4 Å². The zero-order valence-electron chi connectivity index (χ0n) is 12.2. The molecule has 0 saturated heterocycles. The number of furan rings is 1. The topological polar surface area (TPSA) is 141 Å². The average molecular weight is 344 g/mol. The van der Waals surface area contributed by atoms with Gasteiger partial charge in [-0.25, -0.2) is 4.98 Å². The van der Waals surface area contributed by atoms with Crippen LogP contribution in [-0.4, -0.2) is 28.7 Å². The number of thiazole rings is 1. The lowest BCUT2D eigenvalue weighted by Crippen LogP contribution is -2.52. The third-order valence-corrected chi connectivity index (χ3v) is 4.23. The van der Waals surface area contributed by atoms with Gasteiger partial charge < -0.3 is 21.2 Å². The van der Waals surface area contributed by atoms with Gasteiger partial charge >= 0.3 is 0 Å². The minimum Gasteiger partial charge on any atom is -0.448 e. The lowest BCUT2D eigenvalue weighted by atomic mass is 10.2. The summed E-state index contributed by atoms with van der Waals surface area (Å²) in [6.45, 7) is 0. The summed E-state index contributed by atoms with van der Waals surface area (Å²) in [6, 6.07) is 8.97. The molecule has 0 fully saturated rings. The van der Waals surface area contributed by atoms with Crippen molar-refractivity contribution in [1.29, 1.82) is 0 Å². The van der Waals surface area contributed by atoms with E-state index in [-0.39, 0.29) is 5.76 Å². The van der Waals surface area contributed by atoms with Gasteiger partial charge in [-0.1, -0.05) is 12.1 Å². The molecule has 0 atom stereocenters. The van der Waals surface area contributed by atoms with E-state index in [0.29, 0.717) is 10.8 Å². The van der Waals surface area contributed by atoms with Crippen LogP contribution in [0.25, 0.3) is 21.0 Å². The van der Waals surface area contributed by atoms with Gasteiger partial charge in [0.1, 0.15) is 0 Å². The van der Waals surface area contributed by atoms with Crippen LogP contribution in [0.2, 0.25) is 0 Å². The number of aromatic nitrogens is 1. The first kappa shape index (κ1) is 15.7. The van der Waals surface area contributed by atoms with Crippen molar-refractivity contribution in [2.75, 3.05) is 0 Å². The molecule has 0 bridgehead atoms. The van der Waals surface area contributed by atoms with Crippen LogP contribution in [-0.2, 0) is 9.59 Å². The van der Waals surface area contributed by atoms with Crippen LogP contribution in [0.15, 0.2) is 40.8 Å². The van der Waals surface area contributed by atoms with Crippen LogP contribution in [0.1, 0.15) is 10.6 Å². The highest BCUT2D eigenvalue weighted by atomic mass is 32.1. The normalized spacial score (nSPS) is 10.9. The molecule has 2 heterocycles. The second kappa shape index (κ2) is 6.13. The van der Waals surface area contributed by atoms with Crippen molar-refractivity contribution in [3.05, 3.63) is 42.2 Å². The average Bonchev–Trinajstić information content (AvgIpc) is 3.17. The summed E-state index contributed by atoms with van der Waals surface area (Å²) in [4.78, 5) is 38.7. The lowest BCUT2D eigenvalue weighted by molar-refractivity contribution is -0.128. The van der Waals surface area contributed by atoms with Gasteiger partial charge in [0.25, 0.3) is 5.91 Å². The molecule has 122 valence electrons. The number of fused-ring (bicyclic) bond motifs is 1. The Morgan fingerprint density at radius 1 is 1.08 bits per heavy atom. The summed E-state index contributed by atoms with van der Waals surface area (Å²) in [5.41, 5.74) is 10.8. The number of nitrogens with one attached hydrogen (secondary N) is 1. The summed E-state index contributed by atoms with van der Waals surface area (Å²) in [5.74, 6) is -2.56. The molecule has 0 radical (unpaired) electrons. The molecular weight excluding hydrogens is 332 g/mol. The molecule has 2 aromatic heterocycles. The third-order valence-electron chi connectivity index (χ3n) is 3.18. The van der Waals surface area contributed by atoms with E-state index in [1.54, 1.807) is 6.07 Å². The lowest BCUT2D eigenvalue weighted by Gasteiger charge is -2.10. The first-order valence-electron chi connectivity index (χ1n) is 6.81. The molecular formula is C15H12N4O4S. The fraction of sp³-hybridized carbons (Fsp3) is 0.0667. The van der Waals surface area contributed by atoms with Crippen LogP contribution in [0, 0.1) is 0 Å². The molecule has 5 N–H and O–H groups in total. The molecule has 0 saturated carbocycles. The van der Waals surface area contributed by atoms with Gasteiger partial charge in [-0.3, -0.25) is 14.4 Å². The number of benzene rings is 1. The van der Waals surface area contributed by atoms with Crippen molar-refractivity contribution in [1.82, 2.24) is 10.3 Å². The van der Waals surface area contributed by atoms with E-state index < -0.39 is 23.8 Å². The van der Waals surface area contributed by atoms with Gasteiger partial charge in [-0.2, -0.15) is 0 Å². The summed E-state index contributed by atoms with van der Waals surface area (Å²) in [7, 11) is 0. The van der Waals surface area contributed by atoms with Crippen molar-refractivity contribution in [3.63, 3.8) is 0 Å².